The van der Waals surface area contributed by atoms with Crippen LogP contribution in [0, 0.1) is 0 Å². The summed E-state index contributed by atoms with van der Waals surface area (Å²) >= 11 is 6.13. The Morgan fingerprint density at radius 1 is 1.36 bits per heavy atom. The maximum absolute atomic E-state index is 11.6. The number of alkyl halides is 1. The van der Waals surface area contributed by atoms with Crippen molar-refractivity contribution in [3.63, 3.8) is 0 Å². The van der Waals surface area contributed by atoms with Gasteiger partial charge in [-0.2, -0.15) is 0 Å². The van der Waals surface area contributed by atoms with Gasteiger partial charge in [0.15, 0.2) is 0 Å². The number of hydrogen-bond acceptors (Lipinski definition) is 2. The zero-order valence-electron chi connectivity index (χ0n) is 8.74. The fourth-order valence-electron chi connectivity index (χ4n) is 1.89. The number of sulfonamides is 1. The molecule has 0 aromatic rings. The van der Waals surface area contributed by atoms with Gasteiger partial charge in [0, 0.05) is 13.1 Å². The second-order valence-electron chi connectivity index (χ2n) is 3.78. The average Bonchev–Trinajstić information content (AvgIpc) is 2.17. The van der Waals surface area contributed by atoms with Crippen LogP contribution in [0.1, 0.15) is 32.6 Å². The summed E-state index contributed by atoms with van der Waals surface area (Å²) in [6, 6.07) is -0.00429. The molecule has 84 valence electrons. The number of hydrogen-bond donors (Lipinski definition) is 0. The van der Waals surface area contributed by atoms with Crippen LogP contribution >= 0.6 is 11.6 Å². The molecule has 0 amide bonds. The van der Waals surface area contributed by atoms with Crippen molar-refractivity contribution in [1.29, 1.82) is 0 Å². The van der Waals surface area contributed by atoms with Gasteiger partial charge in [-0.3, -0.25) is 0 Å². The van der Waals surface area contributed by atoms with E-state index in [1.54, 1.807) is 14.0 Å². The Bertz CT molecular complexity index is 279. The van der Waals surface area contributed by atoms with E-state index in [4.69, 9.17) is 11.6 Å². The van der Waals surface area contributed by atoms with Crippen molar-refractivity contribution >= 4 is 21.6 Å². The van der Waals surface area contributed by atoms with Crippen molar-refractivity contribution in [3.05, 3.63) is 0 Å². The Morgan fingerprint density at radius 3 is 2.43 bits per heavy atom. The van der Waals surface area contributed by atoms with Crippen LogP contribution in [-0.2, 0) is 10.0 Å². The van der Waals surface area contributed by atoms with Crippen LogP contribution in [0.4, 0.5) is 0 Å². The van der Waals surface area contributed by atoms with Crippen molar-refractivity contribution in [2.24, 2.45) is 0 Å². The second kappa shape index (κ2) is 4.81. The standard InChI is InChI=1S/C9H18ClNO2S/c1-3-14(12,13)11(2)9-7-5-4-6-8(9)10/h8-9H,3-7H2,1-2H3. The van der Waals surface area contributed by atoms with E-state index in [9.17, 15) is 8.42 Å². The average molecular weight is 240 g/mol. The summed E-state index contributed by atoms with van der Waals surface area (Å²) in [5.41, 5.74) is 0. The second-order valence-corrected chi connectivity index (χ2v) is 6.66. The summed E-state index contributed by atoms with van der Waals surface area (Å²) in [5, 5.41) is -0.0184. The number of rotatable bonds is 3. The Labute approximate surface area is 91.5 Å². The van der Waals surface area contributed by atoms with Crippen LogP contribution in [0.2, 0.25) is 0 Å². The van der Waals surface area contributed by atoms with Crippen molar-refractivity contribution < 1.29 is 8.42 Å². The summed E-state index contributed by atoms with van der Waals surface area (Å²) < 4.78 is 24.7. The molecule has 1 saturated carbocycles. The molecule has 2 atom stereocenters. The predicted octanol–water partition coefficient (Wildman–Crippen LogP) is 1.82. The normalized spacial score (nSPS) is 29.4. The van der Waals surface area contributed by atoms with E-state index in [2.05, 4.69) is 0 Å². The molecule has 0 bridgehead atoms. The van der Waals surface area contributed by atoms with Gasteiger partial charge < -0.3 is 0 Å². The van der Waals surface area contributed by atoms with E-state index < -0.39 is 10.0 Å². The lowest BCUT2D eigenvalue weighted by atomic mass is 9.95. The SMILES string of the molecule is CCS(=O)(=O)N(C)C1CCCCC1Cl. The van der Waals surface area contributed by atoms with E-state index in [1.165, 1.54) is 4.31 Å². The van der Waals surface area contributed by atoms with Gasteiger partial charge in [0.25, 0.3) is 0 Å². The smallest absolute Gasteiger partial charge is 0.212 e. The minimum absolute atomic E-state index is 0.00429. The molecule has 0 aromatic heterocycles. The lowest BCUT2D eigenvalue weighted by molar-refractivity contribution is 0.291. The quantitative estimate of drug-likeness (QED) is 0.705. The van der Waals surface area contributed by atoms with E-state index in [1.807, 2.05) is 0 Å². The highest BCUT2D eigenvalue weighted by Crippen LogP contribution is 2.27. The molecule has 1 aliphatic rings. The third kappa shape index (κ3) is 2.61. The lowest BCUT2D eigenvalue weighted by Crippen LogP contribution is -2.44. The van der Waals surface area contributed by atoms with E-state index >= 15 is 0 Å². The Balaban J connectivity index is 2.72. The molecule has 0 radical (unpaired) electrons. The van der Waals surface area contributed by atoms with Crippen LogP contribution in [0.3, 0.4) is 0 Å². The van der Waals surface area contributed by atoms with Gasteiger partial charge in [0.05, 0.1) is 11.1 Å². The minimum atomic E-state index is -3.08. The van der Waals surface area contributed by atoms with E-state index in [-0.39, 0.29) is 17.2 Å². The Morgan fingerprint density at radius 2 is 1.93 bits per heavy atom. The molecule has 2 unspecified atom stereocenters. The van der Waals surface area contributed by atoms with Crippen molar-refractivity contribution in [3.8, 4) is 0 Å². The van der Waals surface area contributed by atoms with Crippen LogP contribution in [-0.4, -0.2) is 36.9 Å². The molecule has 0 saturated heterocycles. The van der Waals surface area contributed by atoms with E-state index in [0.717, 1.165) is 25.7 Å². The van der Waals surface area contributed by atoms with Crippen LogP contribution in [0.5, 0.6) is 0 Å². The van der Waals surface area contributed by atoms with Crippen LogP contribution in [0.15, 0.2) is 0 Å². The summed E-state index contributed by atoms with van der Waals surface area (Å²) in [5.74, 6) is 0.156. The first kappa shape index (κ1) is 12.3. The maximum Gasteiger partial charge on any atom is 0.213 e. The van der Waals surface area contributed by atoms with Gasteiger partial charge in [-0.1, -0.05) is 12.8 Å². The van der Waals surface area contributed by atoms with Crippen molar-refractivity contribution in [2.75, 3.05) is 12.8 Å². The Hall–Kier alpha value is 0.200. The number of nitrogens with zero attached hydrogens (tertiary/aromatic N) is 1. The third-order valence-electron chi connectivity index (χ3n) is 2.92. The minimum Gasteiger partial charge on any atom is -0.212 e. The van der Waals surface area contributed by atoms with E-state index in [0.29, 0.717) is 0 Å². The fourth-order valence-corrected chi connectivity index (χ4v) is 3.47. The molecule has 0 heterocycles. The highest BCUT2D eigenvalue weighted by Gasteiger charge is 2.32. The molecule has 5 heteroatoms. The monoisotopic (exact) mass is 239 g/mol. The summed E-state index contributed by atoms with van der Waals surface area (Å²) in [6.45, 7) is 1.66. The summed E-state index contributed by atoms with van der Waals surface area (Å²) in [4.78, 5) is 0. The molecule has 1 aliphatic carbocycles. The van der Waals surface area contributed by atoms with Gasteiger partial charge in [-0.15, -0.1) is 11.6 Å². The lowest BCUT2D eigenvalue weighted by Gasteiger charge is -2.33. The molecular formula is C9H18ClNO2S. The molecule has 1 fully saturated rings. The highest BCUT2D eigenvalue weighted by atomic mass is 35.5. The Kier molecular flexibility index (Phi) is 4.22. The predicted molar refractivity (Wildman–Crippen MR) is 59.1 cm³/mol. The van der Waals surface area contributed by atoms with Gasteiger partial charge in [-0.05, 0) is 19.8 Å². The molecule has 1 rings (SSSR count). The summed E-state index contributed by atoms with van der Waals surface area (Å²) in [6.07, 6.45) is 4.02. The molecule has 3 nitrogen and oxygen atoms in total. The first-order valence-corrected chi connectivity index (χ1v) is 7.13. The van der Waals surface area contributed by atoms with Gasteiger partial charge in [-0.25, -0.2) is 12.7 Å². The molecule has 14 heavy (non-hydrogen) atoms. The molecule has 0 N–H and O–H groups in total. The maximum atomic E-state index is 11.6. The van der Waals surface area contributed by atoms with Crippen molar-refractivity contribution in [1.82, 2.24) is 4.31 Å². The van der Waals surface area contributed by atoms with Crippen LogP contribution < -0.4 is 0 Å². The summed E-state index contributed by atoms with van der Waals surface area (Å²) in [7, 11) is -1.44. The van der Waals surface area contributed by atoms with Crippen LogP contribution in [0.25, 0.3) is 0 Å². The molecule has 0 aliphatic heterocycles. The fraction of sp³-hybridized carbons (Fsp3) is 1.00. The van der Waals surface area contributed by atoms with Gasteiger partial charge >= 0.3 is 0 Å². The molecule has 0 aromatic carbocycles. The topological polar surface area (TPSA) is 37.4 Å². The molecular weight excluding hydrogens is 222 g/mol. The van der Waals surface area contributed by atoms with Gasteiger partial charge in [0.1, 0.15) is 0 Å². The van der Waals surface area contributed by atoms with Crippen molar-refractivity contribution in [2.45, 2.75) is 44.0 Å². The largest absolute Gasteiger partial charge is 0.213 e. The zero-order valence-corrected chi connectivity index (χ0v) is 10.3. The number of halogens is 1. The first-order chi connectivity index (χ1) is 6.49. The van der Waals surface area contributed by atoms with Gasteiger partial charge in [0.2, 0.25) is 10.0 Å². The first-order valence-electron chi connectivity index (χ1n) is 5.09. The zero-order chi connectivity index (χ0) is 10.8. The highest BCUT2D eigenvalue weighted by molar-refractivity contribution is 7.89. The molecule has 0 spiro atoms. The third-order valence-corrected chi connectivity index (χ3v) is 5.30.